The summed E-state index contributed by atoms with van der Waals surface area (Å²) >= 11 is 0. The Bertz CT molecular complexity index is 3390. The van der Waals surface area contributed by atoms with Crippen LogP contribution in [0, 0.1) is 23.7 Å². The lowest BCUT2D eigenvalue weighted by Gasteiger charge is -2.61. The normalized spacial score (nSPS) is 22.6. The van der Waals surface area contributed by atoms with Crippen LogP contribution >= 0.6 is 0 Å². The van der Waals surface area contributed by atoms with Gasteiger partial charge in [0.1, 0.15) is 11.2 Å². The van der Waals surface area contributed by atoms with Crippen molar-refractivity contribution in [3.63, 3.8) is 0 Å². The number of hydrogen-bond acceptors (Lipinski definition) is 2. The SMILES string of the molecule is C=CC=C1/C(=C\C)c2cc(-c3ccccc3-c3ccc(N(c4ccc(-c5ccccc5)cc4)c4ccc(-c5ccc6c(c5)oc5ccccc56)cc4)cc3)ccc2C12C1CC3CC(C1)CC2C3. The van der Waals surface area contributed by atoms with E-state index in [1.807, 2.05) is 12.1 Å². The van der Waals surface area contributed by atoms with Gasteiger partial charge in [0.2, 0.25) is 0 Å². The van der Waals surface area contributed by atoms with Crippen LogP contribution in [0.25, 0.3) is 72.0 Å². The van der Waals surface area contributed by atoms with Crippen molar-refractivity contribution in [3.05, 3.63) is 230 Å². The minimum atomic E-state index is 0.116. The van der Waals surface area contributed by atoms with E-state index in [2.05, 4.69) is 213 Å². The molecule has 2 heteroatoms. The van der Waals surface area contributed by atoms with Crippen molar-refractivity contribution in [3.8, 4) is 44.5 Å². The predicted molar refractivity (Wildman–Crippen MR) is 281 cm³/mol. The summed E-state index contributed by atoms with van der Waals surface area (Å²) < 4.78 is 6.27. The average Bonchev–Trinajstić information content (AvgIpc) is 3.89. The molecular formula is C65H53NO. The van der Waals surface area contributed by atoms with Gasteiger partial charge in [0, 0.05) is 33.2 Å². The average molecular weight is 864 g/mol. The van der Waals surface area contributed by atoms with Gasteiger partial charge in [-0.3, -0.25) is 0 Å². The van der Waals surface area contributed by atoms with Crippen LogP contribution in [-0.2, 0) is 5.41 Å². The van der Waals surface area contributed by atoms with E-state index in [0.717, 1.165) is 73.8 Å². The minimum absolute atomic E-state index is 0.116. The molecule has 0 atom stereocenters. The van der Waals surface area contributed by atoms with Crippen LogP contribution in [0.2, 0.25) is 0 Å². The van der Waals surface area contributed by atoms with E-state index in [1.54, 1.807) is 5.56 Å². The number of hydrogen-bond donors (Lipinski definition) is 0. The van der Waals surface area contributed by atoms with Crippen LogP contribution in [0.4, 0.5) is 17.1 Å². The smallest absolute Gasteiger partial charge is 0.136 e. The molecule has 324 valence electrons. The number of nitrogens with zero attached hydrogens (tertiary/aromatic N) is 1. The van der Waals surface area contributed by atoms with Crippen molar-refractivity contribution in [1.82, 2.24) is 0 Å². The molecule has 0 radical (unpaired) electrons. The van der Waals surface area contributed by atoms with Gasteiger partial charge in [-0.15, -0.1) is 0 Å². The Labute approximate surface area is 394 Å². The molecule has 1 aromatic heterocycles. The van der Waals surface area contributed by atoms with Gasteiger partial charge in [-0.25, -0.2) is 0 Å². The maximum atomic E-state index is 6.27. The van der Waals surface area contributed by atoms with Crippen LogP contribution in [0.15, 0.2) is 223 Å². The van der Waals surface area contributed by atoms with Crippen molar-refractivity contribution < 1.29 is 4.42 Å². The van der Waals surface area contributed by atoms with Gasteiger partial charge < -0.3 is 9.32 Å². The highest BCUT2D eigenvalue weighted by Crippen LogP contribution is 2.70. The summed E-state index contributed by atoms with van der Waals surface area (Å²) in [4.78, 5) is 2.37. The number of furan rings is 1. The van der Waals surface area contributed by atoms with E-state index in [0.29, 0.717) is 0 Å². The summed E-state index contributed by atoms with van der Waals surface area (Å²) in [7, 11) is 0. The third kappa shape index (κ3) is 6.37. The second-order valence-corrected chi connectivity index (χ2v) is 19.6. The van der Waals surface area contributed by atoms with Gasteiger partial charge >= 0.3 is 0 Å². The second-order valence-electron chi connectivity index (χ2n) is 19.6. The Balaban J connectivity index is 0.858. The van der Waals surface area contributed by atoms with Gasteiger partial charge in [-0.05, 0) is 190 Å². The number of allylic oxidation sites excluding steroid dienone is 5. The molecule has 4 saturated carbocycles. The van der Waals surface area contributed by atoms with Crippen LogP contribution in [-0.4, -0.2) is 0 Å². The zero-order valence-corrected chi connectivity index (χ0v) is 38.0. The number of rotatable bonds is 8. The lowest BCUT2D eigenvalue weighted by molar-refractivity contribution is -0.0399. The van der Waals surface area contributed by atoms with E-state index in [9.17, 15) is 0 Å². The van der Waals surface area contributed by atoms with Gasteiger partial charge in [-0.2, -0.15) is 0 Å². The van der Waals surface area contributed by atoms with E-state index in [-0.39, 0.29) is 5.41 Å². The fourth-order valence-corrected chi connectivity index (χ4v) is 13.6. The topological polar surface area (TPSA) is 16.4 Å². The number of anilines is 3. The van der Waals surface area contributed by atoms with E-state index >= 15 is 0 Å². The zero-order chi connectivity index (χ0) is 44.6. The molecule has 5 aliphatic rings. The lowest BCUT2D eigenvalue weighted by Crippen LogP contribution is -2.55. The molecule has 14 rings (SSSR count). The summed E-state index contributed by atoms with van der Waals surface area (Å²) in [6, 6.07) is 68.9. The standard InChI is InChI=1S/C65H53NO/c1-3-12-61-55(4-2)60-40-49(26-34-62(60)65(61)50-36-42-35-43(38-50)39-51(65)37-42)57-16-9-8-15-56(57)47-23-31-54(32-24-47)66(52-27-19-45(20-28-52)44-13-6-5-7-14-44)53-29-21-46(22-30-53)48-25-33-59-58-17-10-11-18-63(58)67-64(59)41-48/h3-34,40-43,50-51H,1,35-39H2,2H3/b55-4-,61-12?. The number of para-hydroxylation sites is 1. The molecule has 0 saturated heterocycles. The fourth-order valence-electron chi connectivity index (χ4n) is 13.6. The molecular weight excluding hydrogens is 811 g/mol. The first-order valence-electron chi connectivity index (χ1n) is 24.4. The van der Waals surface area contributed by atoms with Crippen molar-refractivity contribution >= 4 is 44.6 Å². The zero-order valence-electron chi connectivity index (χ0n) is 38.0. The molecule has 5 aliphatic carbocycles. The van der Waals surface area contributed by atoms with Gasteiger partial charge in [0.05, 0.1) is 0 Å². The highest BCUT2D eigenvalue weighted by atomic mass is 16.3. The molecule has 0 aliphatic heterocycles. The van der Waals surface area contributed by atoms with Crippen LogP contribution in [0.3, 0.4) is 0 Å². The monoisotopic (exact) mass is 863 g/mol. The highest BCUT2D eigenvalue weighted by molar-refractivity contribution is 6.06. The molecule has 2 nitrogen and oxygen atoms in total. The first-order chi connectivity index (χ1) is 33.1. The molecule has 67 heavy (non-hydrogen) atoms. The number of fused-ring (bicyclic) bond motifs is 4. The van der Waals surface area contributed by atoms with Gasteiger partial charge in [-0.1, -0.05) is 152 Å². The molecule has 0 amide bonds. The Morgan fingerprint density at radius 2 is 1.00 bits per heavy atom. The minimum Gasteiger partial charge on any atom is -0.456 e. The van der Waals surface area contributed by atoms with Crippen LogP contribution < -0.4 is 4.90 Å². The van der Waals surface area contributed by atoms with E-state index in [1.165, 1.54) is 82.2 Å². The van der Waals surface area contributed by atoms with Crippen LogP contribution in [0.1, 0.15) is 50.2 Å². The van der Waals surface area contributed by atoms with Crippen molar-refractivity contribution in [2.24, 2.45) is 23.7 Å². The molecule has 0 N–H and O–H groups in total. The van der Waals surface area contributed by atoms with Crippen molar-refractivity contribution in [1.29, 1.82) is 0 Å². The molecule has 8 aromatic carbocycles. The summed E-state index contributed by atoms with van der Waals surface area (Å²) in [5.74, 6) is 3.27. The molecule has 4 bridgehead atoms. The van der Waals surface area contributed by atoms with E-state index in [4.69, 9.17) is 4.42 Å². The highest BCUT2D eigenvalue weighted by Gasteiger charge is 2.62. The Hall–Kier alpha value is -7.42. The molecule has 1 spiro atoms. The first-order valence-corrected chi connectivity index (χ1v) is 24.4. The molecule has 4 fully saturated rings. The Morgan fingerprint density at radius 1 is 0.478 bits per heavy atom. The maximum absolute atomic E-state index is 6.27. The third-order valence-electron chi connectivity index (χ3n) is 16.2. The van der Waals surface area contributed by atoms with Crippen molar-refractivity contribution in [2.45, 2.75) is 44.4 Å². The first kappa shape index (κ1) is 39.9. The maximum Gasteiger partial charge on any atom is 0.136 e. The van der Waals surface area contributed by atoms with Gasteiger partial charge in [0.25, 0.3) is 0 Å². The predicted octanol–water partition coefficient (Wildman–Crippen LogP) is 17.9. The van der Waals surface area contributed by atoms with Crippen molar-refractivity contribution in [2.75, 3.05) is 4.90 Å². The Morgan fingerprint density at radius 3 is 1.64 bits per heavy atom. The van der Waals surface area contributed by atoms with Crippen LogP contribution in [0.5, 0.6) is 0 Å². The largest absolute Gasteiger partial charge is 0.456 e. The third-order valence-corrected chi connectivity index (χ3v) is 16.2. The second kappa shape index (κ2) is 15.9. The Kier molecular flexibility index (Phi) is 9.46. The van der Waals surface area contributed by atoms with Gasteiger partial charge in [0.15, 0.2) is 0 Å². The molecule has 1 heterocycles. The summed E-state index contributed by atoms with van der Waals surface area (Å²) in [6.07, 6.45) is 13.8. The quantitative estimate of drug-likeness (QED) is 0.151. The fraction of sp³-hybridized carbons (Fsp3) is 0.169. The number of benzene rings is 8. The summed E-state index contributed by atoms with van der Waals surface area (Å²) in [6.45, 7) is 6.49. The molecule has 9 aromatic rings. The summed E-state index contributed by atoms with van der Waals surface area (Å²) in [5.41, 5.74) is 20.9. The summed E-state index contributed by atoms with van der Waals surface area (Å²) in [5, 5.41) is 2.29. The molecule has 0 unspecified atom stereocenters. The van der Waals surface area contributed by atoms with E-state index < -0.39 is 0 Å². The lowest BCUT2D eigenvalue weighted by atomic mass is 9.43.